The van der Waals surface area contributed by atoms with Gasteiger partial charge in [0.25, 0.3) is 11.6 Å². The summed E-state index contributed by atoms with van der Waals surface area (Å²) in [7, 11) is 0. The Bertz CT molecular complexity index is 946. The quantitative estimate of drug-likeness (QED) is 0.314. The fourth-order valence-corrected chi connectivity index (χ4v) is 3.66. The monoisotopic (exact) mass is 450 g/mol. The summed E-state index contributed by atoms with van der Waals surface area (Å²) in [5.41, 5.74) is 1.39. The number of ether oxygens (including phenoxy) is 1. The van der Waals surface area contributed by atoms with Crippen LogP contribution in [-0.2, 0) is 11.4 Å². The summed E-state index contributed by atoms with van der Waals surface area (Å²) in [6.07, 6.45) is 1.70. The maximum absolute atomic E-state index is 11.9. The maximum Gasteiger partial charge on any atom is 0.269 e. The Morgan fingerprint density at radius 2 is 2.12 bits per heavy atom. The number of rotatable bonds is 5. The second-order valence-corrected chi connectivity index (χ2v) is 7.88. The lowest BCUT2D eigenvalue weighted by Gasteiger charge is -2.10. The van der Waals surface area contributed by atoms with Gasteiger partial charge < -0.3 is 10.1 Å². The van der Waals surface area contributed by atoms with E-state index in [-0.39, 0.29) is 18.2 Å². The van der Waals surface area contributed by atoms with Crippen LogP contribution in [0.1, 0.15) is 11.1 Å². The van der Waals surface area contributed by atoms with Gasteiger partial charge >= 0.3 is 0 Å². The first-order valence-corrected chi connectivity index (χ1v) is 9.35. The number of non-ortho nitro benzene ring substituents is 1. The number of hydrogen-bond donors (Lipinski definition) is 1. The van der Waals surface area contributed by atoms with Crippen molar-refractivity contribution in [2.75, 3.05) is 0 Å². The number of thioether (sulfide) groups is 1. The first-order valence-electron chi connectivity index (χ1n) is 7.33. The van der Waals surface area contributed by atoms with Crippen molar-refractivity contribution < 1.29 is 14.5 Å². The van der Waals surface area contributed by atoms with E-state index in [1.54, 1.807) is 24.3 Å². The number of carbonyl (C=O) groups is 1. The van der Waals surface area contributed by atoms with Gasteiger partial charge in [-0.25, -0.2) is 0 Å². The molecule has 6 nitrogen and oxygen atoms in total. The van der Waals surface area contributed by atoms with E-state index in [0.29, 0.717) is 26.1 Å². The van der Waals surface area contributed by atoms with Crippen molar-refractivity contribution in [2.24, 2.45) is 0 Å². The lowest BCUT2D eigenvalue weighted by Crippen LogP contribution is -2.17. The Morgan fingerprint density at radius 3 is 2.81 bits per heavy atom. The van der Waals surface area contributed by atoms with E-state index >= 15 is 0 Å². The first kappa shape index (κ1) is 18.6. The molecule has 0 unspecified atom stereocenters. The van der Waals surface area contributed by atoms with Gasteiger partial charge in [0.05, 0.1) is 9.83 Å². The molecule has 1 aliphatic rings. The number of carbonyl (C=O) groups excluding carboxylic acids is 1. The van der Waals surface area contributed by atoms with Crippen molar-refractivity contribution in [2.45, 2.75) is 6.61 Å². The number of amides is 1. The standard InChI is InChI=1S/C17H11BrN2O4S2/c18-12-4-5-14(11(7-12)8-15-16(21)19-17(25)26-15)24-9-10-2-1-3-13(6-10)20(22)23/h1-8H,9H2,(H,19,21,25). The average Bonchev–Trinajstić information content (AvgIpc) is 2.91. The highest BCUT2D eigenvalue weighted by Crippen LogP contribution is 2.31. The molecule has 0 saturated carbocycles. The third-order valence-corrected chi connectivity index (χ3v) is 5.07. The summed E-state index contributed by atoms with van der Waals surface area (Å²) < 4.78 is 7.07. The summed E-state index contributed by atoms with van der Waals surface area (Å²) in [6, 6.07) is 11.7. The van der Waals surface area contributed by atoms with E-state index in [9.17, 15) is 14.9 Å². The molecule has 1 fully saturated rings. The zero-order valence-electron chi connectivity index (χ0n) is 13.1. The van der Waals surface area contributed by atoms with Crippen molar-refractivity contribution in [3.05, 3.63) is 73.1 Å². The molecule has 0 aliphatic carbocycles. The van der Waals surface area contributed by atoms with E-state index in [1.165, 1.54) is 23.9 Å². The van der Waals surface area contributed by atoms with Crippen LogP contribution in [-0.4, -0.2) is 15.2 Å². The van der Waals surface area contributed by atoms with Crippen molar-refractivity contribution >= 4 is 61.9 Å². The largest absolute Gasteiger partial charge is 0.488 e. The highest BCUT2D eigenvalue weighted by molar-refractivity contribution is 9.10. The Kier molecular flexibility index (Phi) is 5.70. The van der Waals surface area contributed by atoms with Crippen molar-refractivity contribution in [1.29, 1.82) is 0 Å². The predicted molar refractivity (Wildman–Crippen MR) is 108 cm³/mol. The molecule has 2 aromatic carbocycles. The van der Waals surface area contributed by atoms with E-state index in [2.05, 4.69) is 21.2 Å². The van der Waals surface area contributed by atoms with Gasteiger partial charge in [0.2, 0.25) is 0 Å². The number of halogens is 1. The molecule has 3 rings (SSSR count). The van der Waals surface area contributed by atoms with E-state index in [0.717, 1.165) is 4.47 Å². The molecule has 0 spiro atoms. The van der Waals surface area contributed by atoms with Crippen LogP contribution >= 0.6 is 39.9 Å². The second kappa shape index (κ2) is 7.98. The fraction of sp³-hybridized carbons (Fsp3) is 0.0588. The van der Waals surface area contributed by atoms with E-state index < -0.39 is 4.92 Å². The molecule has 0 aromatic heterocycles. The molecule has 0 radical (unpaired) electrons. The van der Waals surface area contributed by atoms with Gasteiger partial charge in [-0.05, 0) is 29.8 Å². The minimum atomic E-state index is -0.447. The van der Waals surface area contributed by atoms with Crippen LogP contribution < -0.4 is 10.1 Å². The smallest absolute Gasteiger partial charge is 0.269 e. The lowest BCUT2D eigenvalue weighted by atomic mass is 10.1. The summed E-state index contributed by atoms with van der Waals surface area (Å²) in [5.74, 6) is 0.308. The second-order valence-electron chi connectivity index (χ2n) is 5.25. The number of nitro groups is 1. The van der Waals surface area contributed by atoms with Crippen LogP contribution in [0.5, 0.6) is 5.75 Å². The number of benzene rings is 2. The SMILES string of the molecule is O=C1NC(=S)SC1=Cc1cc(Br)ccc1OCc1cccc([N+](=O)[O-])c1. The van der Waals surface area contributed by atoms with Gasteiger partial charge in [0.15, 0.2) is 0 Å². The van der Waals surface area contributed by atoms with E-state index in [4.69, 9.17) is 17.0 Å². The third kappa shape index (κ3) is 4.48. The Labute approximate surface area is 166 Å². The third-order valence-electron chi connectivity index (χ3n) is 3.42. The van der Waals surface area contributed by atoms with Gasteiger partial charge in [-0.15, -0.1) is 0 Å². The number of nitrogens with zero attached hydrogens (tertiary/aromatic N) is 1. The number of hydrogen-bond acceptors (Lipinski definition) is 6. The molecule has 1 aliphatic heterocycles. The predicted octanol–water partition coefficient (Wildman–Crippen LogP) is 4.43. The highest BCUT2D eigenvalue weighted by atomic mass is 79.9. The lowest BCUT2D eigenvalue weighted by molar-refractivity contribution is -0.384. The average molecular weight is 451 g/mol. The molecule has 9 heteroatoms. The van der Waals surface area contributed by atoms with E-state index in [1.807, 2.05) is 12.1 Å². The van der Waals surface area contributed by atoms with Gasteiger partial charge in [0, 0.05) is 22.2 Å². The molecule has 1 heterocycles. The molecule has 132 valence electrons. The molecule has 26 heavy (non-hydrogen) atoms. The minimum Gasteiger partial charge on any atom is -0.488 e. The Hall–Kier alpha value is -2.23. The summed E-state index contributed by atoms with van der Waals surface area (Å²) in [6.45, 7) is 0.164. The number of nitro benzene ring substituents is 1. The zero-order chi connectivity index (χ0) is 18.7. The van der Waals surface area contributed by atoms with Crippen LogP contribution in [0.25, 0.3) is 6.08 Å². The zero-order valence-corrected chi connectivity index (χ0v) is 16.3. The van der Waals surface area contributed by atoms with Crippen LogP contribution in [0.4, 0.5) is 5.69 Å². The van der Waals surface area contributed by atoms with Crippen LogP contribution in [0.3, 0.4) is 0 Å². The molecule has 1 N–H and O–H groups in total. The minimum absolute atomic E-state index is 0.0109. The molecule has 0 atom stereocenters. The molecular weight excluding hydrogens is 440 g/mol. The van der Waals surface area contributed by atoms with Gasteiger partial charge in [-0.3, -0.25) is 14.9 Å². The van der Waals surface area contributed by atoms with Crippen LogP contribution in [0.15, 0.2) is 51.8 Å². The fourth-order valence-electron chi connectivity index (χ4n) is 2.25. The normalized spacial score (nSPS) is 15.2. The summed E-state index contributed by atoms with van der Waals surface area (Å²) in [5, 5.41) is 13.4. The summed E-state index contributed by atoms with van der Waals surface area (Å²) in [4.78, 5) is 22.8. The van der Waals surface area contributed by atoms with Crippen LogP contribution in [0.2, 0.25) is 0 Å². The van der Waals surface area contributed by atoms with Crippen molar-refractivity contribution in [3.63, 3.8) is 0 Å². The summed E-state index contributed by atoms with van der Waals surface area (Å²) >= 11 is 9.58. The molecule has 0 bridgehead atoms. The Balaban J connectivity index is 1.83. The molecule has 1 amide bonds. The highest BCUT2D eigenvalue weighted by Gasteiger charge is 2.22. The first-order chi connectivity index (χ1) is 12.4. The molecule has 1 saturated heterocycles. The van der Waals surface area contributed by atoms with Gasteiger partial charge in [-0.2, -0.15) is 0 Å². The maximum atomic E-state index is 11.9. The number of nitrogens with one attached hydrogen (secondary N) is 1. The topological polar surface area (TPSA) is 81.5 Å². The Morgan fingerprint density at radius 1 is 1.31 bits per heavy atom. The molecular formula is C17H11BrN2O4S2. The van der Waals surface area contributed by atoms with Crippen LogP contribution in [0, 0.1) is 10.1 Å². The molecule has 2 aromatic rings. The van der Waals surface area contributed by atoms with Crippen molar-refractivity contribution in [1.82, 2.24) is 5.32 Å². The van der Waals surface area contributed by atoms with Gasteiger partial charge in [0.1, 0.15) is 16.7 Å². The number of thiocarbonyl (C=S) groups is 1. The van der Waals surface area contributed by atoms with Crippen molar-refractivity contribution in [3.8, 4) is 5.75 Å². The van der Waals surface area contributed by atoms with Gasteiger partial charge in [-0.1, -0.05) is 52.0 Å².